The number of aromatic amines is 1. The molecule has 0 aliphatic heterocycles. The van der Waals surface area contributed by atoms with Gasteiger partial charge in [0.15, 0.2) is 0 Å². The summed E-state index contributed by atoms with van der Waals surface area (Å²) in [5.41, 5.74) is -7.07. The minimum absolute atomic E-state index is 0.0526. The number of halogens is 20. The van der Waals surface area contributed by atoms with E-state index in [1.165, 1.54) is 169 Å². The standard InChI is InChI=1S/3C21H17Cl2F3N6O3.C20H15Cl2F3N6O3/c1-31-7-11(15(23)16(31)18(34)28-10-3-4-13(24)12(22)5-10)17(33)19(35)29-20(8-21(25,26)9-20)14-6-27-30-32(14)2;1-31-7-11(15(23)16(31)18(34)28-10-3-4-13(24)12(22)5-10)17(33)19(35)29-20(8-21(25,26)9-20)14-6-27-32(2)30-14;1-31-6-11(15(23)16(31)18(34)27-10-3-4-13(24)12(22)5-10)17(33)19(35)28-20(8-21(25,26)9-20)14-7-32(2)30-29-14;1-31-6-10(14(22)15(31)17(33)27-9-2-3-12(23)11(21)4-9)16(32)18(34)28-19(7-20(24,25)8-19)13-5-26-30-29-13/h2*3-7H,8-9H2,1-2H3,(H,28,34)(H,29,35);3-7H,8-9H2,1-2H3,(H,27,34)(H,28,35);2-6H,7-8H2,1H3,(H,27,33)(H,28,34)(H,26,29,30). The van der Waals surface area contributed by atoms with Gasteiger partial charge in [-0.25, -0.2) is 52.7 Å². The molecule has 0 atom stereocenters. The fourth-order valence-electron chi connectivity index (χ4n) is 15.6. The molecule has 36 nitrogen and oxygen atoms in total. The number of ketones is 4. The molecule has 4 aliphatic carbocycles. The van der Waals surface area contributed by atoms with Crippen molar-refractivity contribution in [3.8, 4) is 0 Å². The van der Waals surface area contributed by atoms with E-state index in [-0.39, 0.29) is 131 Å². The van der Waals surface area contributed by atoms with Crippen LogP contribution in [0.1, 0.15) is 158 Å². The van der Waals surface area contributed by atoms with E-state index < -0.39 is 191 Å². The number of H-pyrrole nitrogens is 1. The number of aryl methyl sites for hydroxylation is 7. The molecule has 9 N–H and O–H groups in total. The lowest BCUT2D eigenvalue weighted by Crippen LogP contribution is -2.61. The van der Waals surface area contributed by atoms with Gasteiger partial charge in [0.05, 0.1) is 115 Å². The molecule has 0 unspecified atom stereocenters. The van der Waals surface area contributed by atoms with E-state index in [0.29, 0.717) is 0 Å². The monoisotopic (exact) mass is 2100 g/mol. The third kappa shape index (κ3) is 21.7. The Hall–Kier alpha value is -13.5. The normalized spacial score (nSPS) is 15.9. The van der Waals surface area contributed by atoms with Gasteiger partial charge in [0, 0.05) is 148 Å². The predicted molar refractivity (Wildman–Crippen MR) is 472 cm³/mol. The molecule has 8 amide bonds. The van der Waals surface area contributed by atoms with Gasteiger partial charge in [0.25, 0.3) is 94.1 Å². The fourth-order valence-corrected chi connectivity index (χ4v) is 17.8. The number of carbonyl (C=O) groups excluding carboxylic acids is 12. The quantitative estimate of drug-likeness (QED) is 0.0154. The first-order chi connectivity index (χ1) is 64.9. The molecule has 56 heteroatoms. The second-order valence-electron chi connectivity index (χ2n) is 32.5. The molecule has 4 aromatic carbocycles. The molecule has 730 valence electrons. The van der Waals surface area contributed by atoms with Crippen LogP contribution in [0.5, 0.6) is 0 Å². The summed E-state index contributed by atoms with van der Waals surface area (Å²) in [6.45, 7) is 0. The molecule has 4 saturated carbocycles. The van der Waals surface area contributed by atoms with Crippen molar-refractivity contribution in [2.45, 2.75) is 97.2 Å². The van der Waals surface area contributed by atoms with Crippen LogP contribution in [-0.2, 0) is 90.7 Å². The smallest absolute Gasteiger partial charge is 0.293 e. The Kier molecular flexibility index (Phi) is 28.9. The third-order valence-electron chi connectivity index (χ3n) is 22.0. The van der Waals surface area contributed by atoms with Gasteiger partial charge in [-0.15, -0.1) is 10.2 Å². The number of benzene rings is 4. The Morgan fingerprint density at radius 2 is 0.647 bits per heavy atom. The van der Waals surface area contributed by atoms with Gasteiger partial charge in [-0.05, 0) is 72.8 Å². The maximum Gasteiger partial charge on any atom is 0.293 e. The molecule has 8 heterocycles. The van der Waals surface area contributed by atoms with Crippen molar-refractivity contribution in [3.05, 3.63) is 254 Å². The van der Waals surface area contributed by atoms with E-state index in [1.807, 2.05) is 0 Å². The zero-order valence-corrected chi connectivity index (χ0v) is 77.9. The van der Waals surface area contributed by atoms with Gasteiger partial charge in [0.1, 0.15) is 63.1 Å². The minimum atomic E-state index is -3.05. The summed E-state index contributed by atoms with van der Waals surface area (Å²) in [6.07, 6.45) is 3.67. The molecular formula is C83H66Cl8F12N24O12. The maximum absolute atomic E-state index is 13.8. The van der Waals surface area contributed by atoms with Crippen LogP contribution in [0.4, 0.5) is 75.4 Å². The number of hydrogen-bond acceptors (Lipinski definition) is 20. The number of anilines is 4. The van der Waals surface area contributed by atoms with Crippen LogP contribution in [0.15, 0.2) is 122 Å². The maximum atomic E-state index is 13.8. The zero-order chi connectivity index (χ0) is 102. The second-order valence-corrected chi connectivity index (χ2v) is 35.6. The van der Waals surface area contributed by atoms with E-state index in [0.717, 1.165) is 35.3 Å². The average Bonchev–Trinajstić information content (AvgIpc) is 1.72. The average molecular weight is 2100 g/mol. The van der Waals surface area contributed by atoms with Crippen molar-refractivity contribution in [2.75, 3.05) is 21.3 Å². The van der Waals surface area contributed by atoms with E-state index in [1.54, 1.807) is 0 Å². The summed E-state index contributed by atoms with van der Waals surface area (Å²) in [5.74, 6) is -27.2. The molecule has 4 aliphatic rings. The Labute approximate surface area is 812 Å². The molecule has 0 radical (unpaired) electrons. The van der Waals surface area contributed by atoms with Gasteiger partial charge in [-0.2, -0.15) is 30.4 Å². The summed E-state index contributed by atoms with van der Waals surface area (Å²) < 4.78 is 171. The first-order valence-electron chi connectivity index (χ1n) is 39.8. The highest BCUT2D eigenvalue weighted by molar-refractivity contribution is 6.51. The van der Waals surface area contributed by atoms with Crippen LogP contribution in [0, 0.1) is 23.3 Å². The van der Waals surface area contributed by atoms with Crippen molar-refractivity contribution in [1.29, 1.82) is 0 Å². The van der Waals surface area contributed by atoms with E-state index >= 15 is 0 Å². The highest BCUT2D eigenvalue weighted by atomic mass is 35.5. The number of carbonyl (C=O) groups is 12. The number of Topliss-reactive ketones (excluding diaryl/α,β-unsaturated/α-hetero) is 4. The van der Waals surface area contributed by atoms with Gasteiger partial charge < -0.3 is 60.8 Å². The lowest BCUT2D eigenvalue weighted by Gasteiger charge is -2.47. The van der Waals surface area contributed by atoms with Crippen LogP contribution in [0.3, 0.4) is 0 Å². The molecule has 4 fully saturated rings. The zero-order valence-electron chi connectivity index (χ0n) is 71.9. The Bertz CT molecular complexity index is 6820. The number of rotatable bonds is 24. The molecule has 8 aromatic heterocycles. The number of hydrogen-bond donors (Lipinski definition) is 9. The van der Waals surface area contributed by atoms with Crippen molar-refractivity contribution < 1.29 is 110 Å². The van der Waals surface area contributed by atoms with Crippen LogP contribution in [-0.4, -0.2) is 173 Å². The van der Waals surface area contributed by atoms with Crippen LogP contribution in [0.25, 0.3) is 0 Å². The molecule has 0 bridgehead atoms. The topological polar surface area (TPSA) is 454 Å². The Morgan fingerprint density at radius 3 is 0.892 bits per heavy atom. The number of nitrogens with zero attached hydrogens (tertiary/aromatic N) is 15. The second kappa shape index (κ2) is 39.0. The SMILES string of the molecule is Cn1cc(C(=O)C(=O)NC2(c3cn[nH]n3)CC(F)(F)C2)c(Cl)c1C(=O)Nc1ccc(F)c(Cl)c1.Cn1cc(C(=O)C(=O)NC2(c3cnnn3C)CC(F)(F)C2)c(Cl)c1C(=O)Nc1ccc(F)c(Cl)c1.Cn1cc(C2(NC(=O)C(=O)c3cn(C)c(C(=O)Nc4ccc(F)c(Cl)c4)c3Cl)CC(F)(F)C2)nn1.Cn1ncc(C2(NC(=O)C(=O)c3cn(C)c(C(=O)Nc4ccc(F)c(Cl)c4)c3Cl)CC(F)(F)C2)n1. The largest absolute Gasteiger partial charge is 0.345 e. The van der Waals surface area contributed by atoms with E-state index in [2.05, 4.69) is 88.8 Å². The fraction of sp³-hybridized carbons (Fsp3) is 0.277. The lowest BCUT2D eigenvalue weighted by molar-refractivity contribution is -0.150. The van der Waals surface area contributed by atoms with Gasteiger partial charge in [-0.3, -0.25) is 66.9 Å². The van der Waals surface area contributed by atoms with E-state index in [9.17, 15) is 110 Å². The molecule has 0 spiro atoms. The van der Waals surface area contributed by atoms with Crippen molar-refractivity contribution in [3.63, 3.8) is 0 Å². The number of alkyl halides is 8. The Morgan fingerprint density at radius 1 is 0.360 bits per heavy atom. The predicted octanol–water partition coefficient (Wildman–Crippen LogP) is 13.9. The molecular weight excluding hydrogens is 2040 g/mol. The number of nitrogens with one attached hydrogen (secondary N) is 9. The highest BCUT2D eigenvalue weighted by Gasteiger charge is 2.64. The van der Waals surface area contributed by atoms with Gasteiger partial charge >= 0.3 is 0 Å². The molecule has 16 rings (SSSR count). The van der Waals surface area contributed by atoms with Crippen molar-refractivity contribution in [1.82, 2.24) is 99.9 Å². The van der Waals surface area contributed by atoms with Gasteiger partial charge in [-0.1, -0.05) is 103 Å². The molecule has 0 saturated heterocycles. The van der Waals surface area contributed by atoms with Crippen LogP contribution >= 0.6 is 92.8 Å². The third-order valence-corrected chi connectivity index (χ3v) is 24.7. The van der Waals surface area contributed by atoms with E-state index in [4.69, 9.17) is 92.8 Å². The number of amides is 8. The van der Waals surface area contributed by atoms with Crippen molar-refractivity contribution in [2.24, 2.45) is 49.3 Å². The first-order valence-corrected chi connectivity index (χ1v) is 42.8. The van der Waals surface area contributed by atoms with Crippen molar-refractivity contribution >= 4 is 186 Å². The lowest BCUT2D eigenvalue weighted by atomic mass is 9.71. The highest BCUT2D eigenvalue weighted by Crippen LogP contribution is 2.55. The first kappa shape index (κ1) is 103. The summed E-state index contributed by atoms with van der Waals surface area (Å²) >= 11 is 47.9. The van der Waals surface area contributed by atoms with Crippen LogP contribution < -0.4 is 42.5 Å². The van der Waals surface area contributed by atoms with Crippen LogP contribution in [0.2, 0.25) is 40.2 Å². The Balaban J connectivity index is 0.000000156. The summed E-state index contributed by atoms with van der Waals surface area (Å²) in [5, 5.41) is 49.4. The molecule has 139 heavy (non-hydrogen) atoms. The van der Waals surface area contributed by atoms with Gasteiger partial charge in [0.2, 0.25) is 0 Å². The summed E-state index contributed by atoms with van der Waals surface area (Å²) in [6, 6.07) is 14.1. The number of aromatic nitrogens is 16. The minimum Gasteiger partial charge on any atom is -0.345 e. The molecule has 12 aromatic rings. The summed E-state index contributed by atoms with van der Waals surface area (Å²) in [7, 11) is 10.2. The summed E-state index contributed by atoms with van der Waals surface area (Å²) in [4.78, 5) is 155.